The topological polar surface area (TPSA) is 82.6 Å². The van der Waals surface area contributed by atoms with Crippen molar-refractivity contribution in [1.82, 2.24) is 14.2 Å². The van der Waals surface area contributed by atoms with E-state index in [9.17, 15) is 17.6 Å². The van der Waals surface area contributed by atoms with Gasteiger partial charge in [0.25, 0.3) is 5.91 Å². The van der Waals surface area contributed by atoms with Gasteiger partial charge in [-0.1, -0.05) is 13.0 Å². The number of rotatable bonds is 6. The van der Waals surface area contributed by atoms with Crippen LogP contribution in [-0.4, -0.2) is 61.2 Å². The highest BCUT2D eigenvalue weighted by molar-refractivity contribution is 7.89. The van der Waals surface area contributed by atoms with Crippen LogP contribution in [0.5, 0.6) is 0 Å². The van der Waals surface area contributed by atoms with Crippen molar-refractivity contribution in [2.75, 3.05) is 38.0 Å². The molecule has 0 spiro atoms. The molecular weight excluding hydrogens is 463 g/mol. The quantitative estimate of drug-likeness (QED) is 0.570. The van der Waals surface area contributed by atoms with Gasteiger partial charge in [-0.25, -0.2) is 17.8 Å². The normalized spacial score (nSPS) is 15.5. The lowest BCUT2D eigenvalue weighted by Crippen LogP contribution is -2.48. The van der Waals surface area contributed by atoms with Crippen molar-refractivity contribution in [3.63, 3.8) is 0 Å². The number of carbonyl (C=O) groups is 1. The number of halogens is 1. The summed E-state index contributed by atoms with van der Waals surface area (Å²) in [5, 5.41) is 3.40. The van der Waals surface area contributed by atoms with E-state index in [1.54, 1.807) is 37.3 Å². The number of hydrogen-bond acceptors (Lipinski definition) is 6. The Morgan fingerprint density at radius 2 is 1.82 bits per heavy atom. The Bertz CT molecular complexity index is 1250. The van der Waals surface area contributed by atoms with Crippen molar-refractivity contribution in [2.45, 2.75) is 18.7 Å². The Balaban J connectivity index is 1.51. The van der Waals surface area contributed by atoms with Crippen LogP contribution in [0.25, 0.3) is 10.6 Å². The number of hydrogen-bond donors (Lipinski definition) is 1. The highest BCUT2D eigenvalue weighted by Gasteiger charge is 2.28. The predicted molar refractivity (Wildman–Crippen MR) is 128 cm³/mol. The fourth-order valence-electron chi connectivity index (χ4n) is 3.68. The second kappa shape index (κ2) is 9.68. The molecule has 1 aromatic heterocycles. The van der Waals surface area contributed by atoms with Gasteiger partial charge in [-0.05, 0) is 55.9 Å². The van der Waals surface area contributed by atoms with Crippen molar-refractivity contribution < 1.29 is 17.6 Å². The molecule has 0 saturated carbocycles. The molecule has 0 unspecified atom stereocenters. The summed E-state index contributed by atoms with van der Waals surface area (Å²) in [7, 11) is -3.65. The van der Waals surface area contributed by atoms with Gasteiger partial charge in [0.15, 0.2) is 0 Å². The number of amides is 1. The minimum atomic E-state index is -3.65. The van der Waals surface area contributed by atoms with Crippen LogP contribution >= 0.6 is 11.3 Å². The van der Waals surface area contributed by atoms with E-state index in [2.05, 4.69) is 22.1 Å². The van der Waals surface area contributed by atoms with Crippen LogP contribution in [-0.2, 0) is 10.0 Å². The molecule has 1 saturated heterocycles. The number of aryl methyl sites for hydroxylation is 1. The lowest BCUT2D eigenvalue weighted by Gasteiger charge is -2.33. The summed E-state index contributed by atoms with van der Waals surface area (Å²) in [5.74, 6) is -0.712. The number of aromatic nitrogens is 1. The van der Waals surface area contributed by atoms with Crippen LogP contribution in [0.1, 0.15) is 22.3 Å². The number of nitrogens with zero attached hydrogens (tertiary/aromatic N) is 3. The molecule has 0 atom stereocenters. The average Bonchev–Trinajstić information content (AvgIpc) is 3.21. The summed E-state index contributed by atoms with van der Waals surface area (Å²) in [6.07, 6.45) is 0. The molecule has 4 rings (SSSR count). The summed E-state index contributed by atoms with van der Waals surface area (Å²) in [6.45, 7) is 6.98. The molecular formula is C23H25FN4O3S2. The van der Waals surface area contributed by atoms with Crippen molar-refractivity contribution in [3.05, 3.63) is 64.9 Å². The molecule has 10 heteroatoms. The third-order valence-electron chi connectivity index (χ3n) is 5.60. The van der Waals surface area contributed by atoms with E-state index in [1.165, 1.54) is 33.8 Å². The van der Waals surface area contributed by atoms with Gasteiger partial charge in [0.2, 0.25) is 10.0 Å². The summed E-state index contributed by atoms with van der Waals surface area (Å²) in [5.41, 5.74) is 1.67. The molecule has 0 radical (unpaired) electrons. The van der Waals surface area contributed by atoms with E-state index in [0.29, 0.717) is 47.4 Å². The lowest BCUT2D eigenvalue weighted by molar-refractivity contribution is 0.102. The third-order valence-corrected chi connectivity index (χ3v) is 8.70. The first kappa shape index (κ1) is 23.5. The largest absolute Gasteiger partial charge is 0.321 e. The molecule has 0 bridgehead atoms. The highest BCUT2D eigenvalue weighted by Crippen LogP contribution is 2.29. The first-order valence-corrected chi connectivity index (χ1v) is 12.9. The van der Waals surface area contributed by atoms with Crippen LogP contribution in [0.15, 0.2) is 53.4 Å². The monoisotopic (exact) mass is 488 g/mol. The van der Waals surface area contributed by atoms with Gasteiger partial charge in [0, 0.05) is 37.4 Å². The average molecular weight is 489 g/mol. The Labute approximate surface area is 196 Å². The number of carbonyl (C=O) groups excluding carboxylic acids is 1. The predicted octanol–water partition coefficient (Wildman–Crippen LogP) is 3.84. The number of piperazine rings is 1. The van der Waals surface area contributed by atoms with Crippen LogP contribution in [0.3, 0.4) is 0 Å². The molecule has 7 nitrogen and oxygen atoms in total. The smallest absolute Gasteiger partial charge is 0.267 e. The molecule has 2 aromatic carbocycles. The molecule has 1 aliphatic rings. The van der Waals surface area contributed by atoms with Crippen molar-refractivity contribution in [2.24, 2.45) is 0 Å². The fraction of sp³-hybridized carbons (Fsp3) is 0.304. The molecule has 0 aliphatic carbocycles. The van der Waals surface area contributed by atoms with Gasteiger partial charge in [0.1, 0.15) is 15.7 Å². The van der Waals surface area contributed by atoms with Gasteiger partial charge in [-0.2, -0.15) is 4.31 Å². The highest BCUT2D eigenvalue weighted by atomic mass is 32.2. The zero-order valence-electron chi connectivity index (χ0n) is 18.4. The molecule has 1 fully saturated rings. The summed E-state index contributed by atoms with van der Waals surface area (Å²) in [6, 6.07) is 12.2. The molecule has 1 N–H and O–H groups in total. The number of anilines is 1. The molecule has 3 aromatic rings. The van der Waals surface area contributed by atoms with Crippen molar-refractivity contribution in [1.29, 1.82) is 0 Å². The fourth-order valence-corrected chi connectivity index (χ4v) is 6.12. The number of sulfonamides is 1. The van der Waals surface area contributed by atoms with Crippen LogP contribution < -0.4 is 5.32 Å². The van der Waals surface area contributed by atoms with Crippen LogP contribution in [0.4, 0.5) is 10.1 Å². The molecule has 2 heterocycles. The third kappa shape index (κ3) is 5.14. The van der Waals surface area contributed by atoms with E-state index < -0.39 is 10.0 Å². The van der Waals surface area contributed by atoms with E-state index in [0.717, 1.165) is 12.1 Å². The van der Waals surface area contributed by atoms with Gasteiger partial charge < -0.3 is 10.2 Å². The van der Waals surface area contributed by atoms with E-state index in [-0.39, 0.29) is 16.6 Å². The first-order chi connectivity index (χ1) is 15.8. The molecule has 1 aliphatic heterocycles. The van der Waals surface area contributed by atoms with Gasteiger partial charge >= 0.3 is 0 Å². The van der Waals surface area contributed by atoms with E-state index in [4.69, 9.17) is 0 Å². The number of thiazole rings is 1. The molecule has 174 valence electrons. The maximum absolute atomic E-state index is 13.2. The first-order valence-electron chi connectivity index (χ1n) is 10.6. The number of benzene rings is 2. The van der Waals surface area contributed by atoms with Gasteiger partial charge in [0.05, 0.1) is 10.6 Å². The van der Waals surface area contributed by atoms with Crippen LogP contribution in [0.2, 0.25) is 0 Å². The number of likely N-dealkylation sites (N-methyl/N-ethyl adjacent to an activating group) is 1. The molecule has 1 amide bonds. The zero-order valence-corrected chi connectivity index (χ0v) is 20.0. The van der Waals surface area contributed by atoms with E-state index in [1.807, 2.05) is 0 Å². The van der Waals surface area contributed by atoms with Crippen molar-refractivity contribution in [3.8, 4) is 10.6 Å². The van der Waals surface area contributed by atoms with Gasteiger partial charge in [-0.3, -0.25) is 4.79 Å². The second-order valence-electron chi connectivity index (χ2n) is 7.76. The maximum atomic E-state index is 13.2. The zero-order chi connectivity index (χ0) is 23.6. The summed E-state index contributed by atoms with van der Waals surface area (Å²) >= 11 is 1.20. The minimum absolute atomic E-state index is 0.151. The SMILES string of the molecule is CCN1CCN(S(=O)(=O)c2cccc(NC(=O)c3sc(-c4ccc(F)cc4)nc3C)c2)CC1. The Morgan fingerprint density at radius 3 is 2.48 bits per heavy atom. The summed E-state index contributed by atoms with van der Waals surface area (Å²) in [4.78, 5) is 20.1. The van der Waals surface area contributed by atoms with Gasteiger partial charge in [-0.15, -0.1) is 11.3 Å². The van der Waals surface area contributed by atoms with Crippen molar-refractivity contribution >= 4 is 33.0 Å². The number of nitrogens with one attached hydrogen (secondary N) is 1. The Kier molecular flexibility index (Phi) is 6.89. The van der Waals surface area contributed by atoms with E-state index >= 15 is 0 Å². The minimum Gasteiger partial charge on any atom is -0.321 e. The standard InChI is InChI=1S/C23H25FN4O3S2/c1-3-27-11-13-28(14-12-27)33(30,31)20-6-4-5-19(15-20)26-22(29)21-16(2)25-23(32-21)17-7-9-18(24)10-8-17/h4-10,15H,3,11-14H2,1-2H3,(H,26,29). The summed E-state index contributed by atoms with van der Waals surface area (Å²) < 4.78 is 40.9. The second-order valence-corrected chi connectivity index (χ2v) is 10.7. The Morgan fingerprint density at radius 1 is 1.12 bits per heavy atom. The maximum Gasteiger partial charge on any atom is 0.267 e. The Hall–Kier alpha value is -2.66. The molecule has 33 heavy (non-hydrogen) atoms. The van der Waals surface area contributed by atoms with Crippen LogP contribution in [0, 0.1) is 12.7 Å². The lowest BCUT2D eigenvalue weighted by atomic mass is 10.2.